The van der Waals surface area contributed by atoms with Crippen molar-refractivity contribution >= 4 is 11.9 Å². The van der Waals surface area contributed by atoms with Crippen LogP contribution in [0.5, 0.6) is 11.5 Å². The molecule has 1 aromatic rings. The molecule has 5 nitrogen and oxygen atoms in total. The summed E-state index contributed by atoms with van der Waals surface area (Å²) in [4.78, 5) is 26.4. The summed E-state index contributed by atoms with van der Waals surface area (Å²) < 4.78 is 12.0. The van der Waals surface area contributed by atoms with Crippen molar-refractivity contribution in [2.45, 2.75) is 85.2 Å². The van der Waals surface area contributed by atoms with Gasteiger partial charge >= 0.3 is 11.9 Å². The maximum Gasteiger partial charge on any atom is 0.316 e. The maximum atomic E-state index is 13.5. The molecule has 0 spiro atoms. The summed E-state index contributed by atoms with van der Waals surface area (Å²) in [5.74, 6) is 2.49. The number of ether oxygens (including phenoxy) is 2. The normalized spacial score (nSPS) is 31.4. The lowest BCUT2D eigenvalue weighted by atomic mass is 9.49. The van der Waals surface area contributed by atoms with Gasteiger partial charge in [0.05, 0.1) is 10.8 Å². The van der Waals surface area contributed by atoms with Gasteiger partial charge in [0.2, 0.25) is 0 Å². The molecule has 0 saturated heterocycles. The highest BCUT2D eigenvalue weighted by atomic mass is 16.6. The summed E-state index contributed by atoms with van der Waals surface area (Å²) in [6, 6.07) is 6.07. The van der Waals surface area contributed by atoms with Crippen LogP contribution in [0.4, 0.5) is 0 Å². The summed E-state index contributed by atoms with van der Waals surface area (Å²) in [6.45, 7) is 9.54. The number of rotatable bonds is 7. The zero-order chi connectivity index (χ0) is 23.3. The van der Waals surface area contributed by atoms with Crippen LogP contribution >= 0.6 is 0 Å². The number of benzene rings is 1. The van der Waals surface area contributed by atoms with Crippen molar-refractivity contribution in [3.05, 3.63) is 24.3 Å². The van der Waals surface area contributed by atoms with E-state index in [1.807, 2.05) is 27.7 Å². The van der Waals surface area contributed by atoms with E-state index in [0.29, 0.717) is 24.0 Å². The summed E-state index contributed by atoms with van der Waals surface area (Å²) in [5.41, 5.74) is -2.02. The molecule has 0 radical (unpaired) electrons. The molecular formula is C27H38O5. The number of phenols is 1. The lowest BCUT2D eigenvalue weighted by Gasteiger charge is -2.60. The van der Waals surface area contributed by atoms with Gasteiger partial charge < -0.3 is 14.6 Å². The van der Waals surface area contributed by atoms with Gasteiger partial charge in [-0.3, -0.25) is 9.59 Å². The SMILES string of the molecule is CCC1(OC(=O)C(C)(C)CC(C)(C)C(=O)Oc2ccc(O)cc2)C2CC3CC(C2)CC1C3. The number of hydrogen-bond donors (Lipinski definition) is 1. The van der Waals surface area contributed by atoms with Crippen molar-refractivity contribution in [1.29, 1.82) is 0 Å². The minimum absolute atomic E-state index is 0.113. The first kappa shape index (κ1) is 23.1. The van der Waals surface area contributed by atoms with E-state index in [1.54, 1.807) is 12.1 Å². The van der Waals surface area contributed by atoms with Gasteiger partial charge in [-0.1, -0.05) is 6.92 Å². The molecule has 1 aromatic carbocycles. The number of hydrogen-bond acceptors (Lipinski definition) is 5. The third-order valence-corrected chi connectivity index (χ3v) is 8.39. The van der Waals surface area contributed by atoms with Crippen LogP contribution in [0.3, 0.4) is 0 Å². The Labute approximate surface area is 191 Å². The Hall–Kier alpha value is -2.04. The van der Waals surface area contributed by atoms with Crippen LogP contribution in [0.2, 0.25) is 0 Å². The molecule has 0 heterocycles. The van der Waals surface area contributed by atoms with E-state index >= 15 is 0 Å². The Balaban J connectivity index is 1.44. The summed E-state index contributed by atoms with van der Waals surface area (Å²) in [7, 11) is 0. The van der Waals surface area contributed by atoms with Crippen LogP contribution < -0.4 is 4.74 Å². The van der Waals surface area contributed by atoms with Crippen molar-refractivity contribution in [3.63, 3.8) is 0 Å². The fourth-order valence-electron chi connectivity index (χ4n) is 7.12. The number of esters is 2. The van der Waals surface area contributed by atoms with Gasteiger partial charge in [-0.2, -0.15) is 0 Å². The van der Waals surface area contributed by atoms with Crippen molar-refractivity contribution in [1.82, 2.24) is 0 Å². The van der Waals surface area contributed by atoms with E-state index in [9.17, 15) is 14.7 Å². The van der Waals surface area contributed by atoms with Crippen LogP contribution in [-0.4, -0.2) is 22.6 Å². The molecule has 0 atom stereocenters. The van der Waals surface area contributed by atoms with Crippen LogP contribution in [0.25, 0.3) is 0 Å². The number of phenolic OH excluding ortho intramolecular Hbond substituents is 1. The molecule has 0 aliphatic heterocycles. The largest absolute Gasteiger partial charge is 0.508 e. The molecule has 32 heavy (non-hydrogen) atoms. The Kier molecular flexibility index (Phi) is 5.83. The molecule has 0 amide bonds. The summed E-state index contributed by atoms with van der Waals surface area (Å²) >= 11 is 0. The molecule has 5 rings (SSSR count). The molecule has 4 aliphatic rings. The highest BCUT2D eigenvalue weighted by molar-refractivity contribution is 5.81. The van der Waals surface area contributed by atoms with Gasteiger partial charge in [-0.15, -0.1) is 0 Å². The van der Waals surface area contributed by atoms with Gasteiger partial charge in [-0.25, -0.2) is 0 Å². The monoisotopic (exact) mass is 442 g/mol. The Morgan fingerprint density at radius 1 is 0.906 bits per heavy atom. The molecule has 4 bridgehead atoms. The maximum absolute atomic E-state index is 13.5. The lowest BCUT2D eigenvalue weighted by molar-refractivity contribution is -0.219. The molecule has 4 aliphatic carbocycles. The van der Waals surface area contributed by atoms with E-state index in [2.05, 4.69) is 6.92 Å². The minimum atomic E-state index is -0.871. The first-order valence-corrected chi connectivity index (χ1v) is 12.2. The first-order valence-electron chi connectivity index (χ1n) is 12.2. The molecule has 4 saturated carbocycles. The molecule has 4 fully saturated rings. The van der Waals surface area contributed by atoms with Gasteiger partial charge in [0.1, 0.15) is 17.1 Å². The molecular weight excluding hydrogens is 404 g/mol. The molecule has 5 heteroatoms. The summed E-state index contributed by atoms with van der Waals surface area (Å²) in [5, 5.41) is 9.42. The Morgan fingerprint density at radius 2 is 1.41 bits per heavy atom. The number of carbonyl (C=O) groups is 2. The quantitative estimate of drug-likeness (QED) is 0.421. The van der Waals surface area contributed by atoms with E-state index in [4.69, 9.17) is 9.47 Å². The predicted octanol–water partition coefficient (Wildman–Crippen LogP) is 5.89. The zero-order valence-electron chi connectivity index (χ0n) is 20.1. The van der Waals surface area contributed by atoms with Crippen molar-refractivity contribution in [2.75, 3.05) is 0 Å². The van der Waals surface area contributed by atoms with Gasteiger partial charge in [0.15, 0.2) is 0 Å². The first-order chi connectivity index (χ1) is 14.9. The third kappa shape index (κ3) is 4.15. The smallest absolute Gasteiger partial charge is 0.316 e. The van der Waals surface area contributed by atoms with Gasteiger partial charge in [0, 0.05) is 0 Å². The molecule has 176 valence electrons. The number of carbonyl (C=O) groups excluding carboxylic acids is 2. The topological polar surface area (TPSA) is 72.8 Å². The predicted molar refractivity (Wildman–Crippen MR) is 122 cm³/mol. The van der Waals surface area contributed by atoms with Crippen LogP contribution in [-0.2, 0) is 14.3 Å². The van der Waals surface area contributed by atoms with Crippen LogP contribution in [0, 0.1) is 34.5 Å². The van der Waals surface area contributed by atoms with Crippen LogP contribution in [0.15, 0.2) is 24.3 Å². The Bertz CT molecular complexity index is 839. The molecule has 1 N–H and O–H groups in total. The zero-order valence-corrected chi connectivity index (χ0v) is 20.1. The Morgan fingerprint density at radius 3 is 1.91 bits per heavy atom. The average Bonchev–Trinajstić information content (AvgIpc) is 2.71. The van der Waals surface area contributed by atoms with Crippen LogP contribution in [0.1, 0.15) is 79.6 Å². The highest BCUT2D eigenvalue weighted by Crippen LogP contribution is 2.61. The molecule has 0 aromatic heterocycles. The third-order valence-electron chi connectivity index (χ3n) is 8.39. The minimum Gasteiger partial charge on any atom is -0.508 e. The highest BCUT2D eigenvalue weighted by Gasteiger charge is 2.59. The second-order valence-electron chi connectivity index (χ2n) is 11.8. The van der Waals surface area contributed by atoms with E-state index < -0.39 is 16.8 Å². The van der Waals surface area contributed by atoms with Gasteiger partial charge in [0.25, 0.3) is 0 Å². The fraction of sp³-hybridized carbons (Fsp3) is 0.704. The van der Waals surface area contributed by atoms with E-state index in [1.165, 1.54) is 44.2 Å². The summed E-state index contributed by atoms with van der Waals surface area (Å²) in [6.07, 6.45) is 7.34. The molecule has 0 unspecified atom stereocenters. The standard InChI is InChI=1S/C27H38O5/c1-6-27(19-12-17-11-18(14-19)15-20(27)13-17)32-24(30)26(4,5)16-25(2,3)23(29)31-22-9-7-21(28)8-10-22/h7-10,17-20,28H,6,11-16H2,1-5H3. The second-order valence-corrected chi connectivity index (χ2v) is 11.8. The lowest BCUT2D eigenvalue weighted by Crippen LogP contribution is -2.60. The van der Waals surface area contributed by atoms with Gasteiger partial charge in [-0.05, 0) is 121 Å². The van der Waals surface area contributed by atoms with E-state index in [0.717, 1.165) is 18.3 Å². The second kappa shape index (κ2) is 8.07. The van der Waals surface area contributed by atoms with Crippen molar-refractivity contribution < 1.29 is 24.2 Å². The van der Waals surface area contributed by atoms with Crippen molar-refractivity contribution in [2.24, 2.45) is 34.5 Å². The van der Waals surface area contributed by atoms with E-state index in [-0.39, 0.29) is 17.3 Å². The number of aromatic hydroxyl groups is 1. The fourth-order valence-corrected chi connectivity index (χ4v) is 7.12. The average molecular weight is 443 g/mol. The van der Waals surface area contributed by atoms with Crippen molar-refractivity contribution in [3.8, 4) is 11.5 Å².